The van der Waals surface area contributed by atoms with Gasteiger partial charge in [0.15, 0.2) is 0 Å². The molecule has 0 saturated carbocycles. The molecular weight excluding hydrogens is 190 g/mol. The van der Waals surface area contributed by atoms with Crippen molar-refractivity contribution in [2.45, 2.75) is 25.0 Å². The summed E-state index contributed by atoms with van der Waals surface area (Å²) in [6, 6.07) is 7.17. The van der Waals surface area contributed by atoms with Gasteiger partial charge >= 0.3 is 0 Å². The highest BCUT2D eigenvalue weighted by Gasteiger charge is 2.28. The van der Waals surface area contributed by atoms with Crippen LogP contribution in [-0.2, 0) is 0 Å². The number of phenols is 1. The Bertz CT molecular complexity index is 313. The minimum Gasteiger partial charge on any atom is -0.508 e. The molecule has 0 bridgehead atoms. The summed E-state index contributed by atoms with van der Waals surface area (Å²) in [7, 11) is 2.03. The van der Waals surface area contributed by atoms with E-state index in [-0.39, 0.29) is 17.9 Å². The van der Waals surface area contributed by atoms with Crippen LogP contribution in [0.2, 0.25) is 0 Å². The van der Waals surface area contributed by atoms with Crippen LogP contribution in [-0.4, -0.2) is 34.8 Å². The quantitative estimate of drug-likeness (QED) is 0.733. The van der Waals surface area contributed by atoms with E-state index < -0.39 is 0 Å². The Hall–Kier alpha value is -1.06. The van der Waals surface area contributed by atoms with Crippen molar-refractivity contribution in [3.63, 3.8) is 0 Å². The van der Waals surface area contributed by atoms with Gasteiger partial charge in [0, 0.05) is 0 Å². The zero-order chi connectivity index (χ0) is 10.8. The second-order valence-corrected chi connectivity index (χ2v) is 4.23. The van der Waals surface area contributed by atoms with Crippen molar-refractivity contribution >= 4 is 0 Å². The van der Waals surface area contributed by atoms with Crippen LogP contribution in [0.15, 0.2) is 24.3 Å². The molecule has 1 aliphatic rings. The fourth-order valence-electron chi connectivity index (χ4n) is 2.29. The van der Waals surface area contributed by atoms with E-state index in [0.717, 1.165) is 24.9 Å². The standard InChI is InChI=1S/C12H17NO2/c1-13-8-2-3-11(15)12(13)9-4-6-10(14)7-5-9/h4-7,11-12,14-15H,2-3,8H2,1H3. The number of rotatable bonds is 1. The Kier molecular flexibility index (Phi) is 2.93. The van der Waals surface area contributed by atoms with Gasteiger partial charge in [-0.15, -0.1) is 0 Å². The Morgan fingerprint density at radius 1 is 1.27 bits per heavy atom. The number of aliphatic hydroxyl groups is 1. The summed E-state index contributed by atoms with van der Waals surface area (Å²) in [4.78, 5) is 2.17. The number of nitrogens with zero attached hydrogens (tertiary/aromatic N) is 1. The average Bonchev–Trinajstić information content (AvgIpc) is 2.20. The first-order chi connectivity index (χ1) is 7.18. The van der Waals surface area contributed by atoms with E-state index in [1.807, 2.05) is 19.2 Å². The maximum atomic E-state index is 9.96. The second-order valence-electron chi connectivity index (χ2n) is 4.23. The lowest BCUT2D eigenvalue weighted by Gasteiger charge is -2.36. The molecule has 1 aromatic rings. The average molecular weight is 207 g/mol. The molecule has 1 aliphatic heterocycles. The van der Waals surface area contributed by atoms with E-state index in [0.29, 0.717) is 0 Å². The van der Waals surface area contributed by atoms with Crippen LogP contribution in [0.3, 0.4) is 0 Å². The number of benzene rings is 1. The third-order valence-corrected chi connectivity index (χ3v) is 3.08. The van der Waals surface area contributed by atoms with Gasteiger partial charge in [0.05, 0.1) is 12.1 Å². The molecule has 0 radical (unpaired) electrons. The SMILES string of the molecule is CN1CCCC(O)C1c1ccc(O)cc1. The van der Waals surface area contributed by atoms with Crippen molar-refractivity contribution in [1.82, 2.24) is 4.90 Å². The lowest BCUT2D eigenvalue weighted by Crippen LogP contribution is -2.39. The largest absolute Gasteiger partial charge is 0.508 e. The van der Waals surface area contributed by atoms with Gasteiger partial charge in [-0.2, -0.15) is 0 Å². The molecule has 1 saturated heterocycles. The molecule has 3 nitrogen and oxygen atoms in total. The smallest absolute Gasteiger partial charge is 0.115 e. The Morgan fingerprint density at radius 3 is 2.53 bits per heavy atom. The molecule has 2 atom stereocenters. The highest BCUT2D eigenvalue weighted by Crippen LogP contribution is 2.30. The molecule has 0 aromatic heterocycles. The van der Waals surface area contributed by atoms with Crippen molar-refractivity contribution in [1.29, 1.82) is 0 Å². The topological polar surface area (TPSA) is 43.7 Å². The molecule has 82 valence electrons. The zero-order valence-corrected chi connectivity index (χ0v) is 8.93. The minimum absolute atomic E-state index is 0.0688. The van der Waals surface area contributed by atoms with E-state index in [2.05, 4.69) is 4.90 Å². The maximum absolute atomic E-state index is 9.96. The van der Waals surface area contributed by atoms with E-state index >= 15 is 0 Å². The third-order valence-electron chi connectivity index (χ3n) is 3.08. The van der Waals surface area contributed by atoms with Crippen molar-refractivity contribution in [2.75, 3.05) is 13.6 Å². The molecule has 0 aliphatic carbocycles. The molecule has 2 unspecified atom stereocenters. The van der Waals surface area contributed by atoms with E-state index in [4.69, 9.17) is 0 Å². The summed E-state index contributed by atoms with van der Waals surface area (Å²) in [5.41, 5.74) is 1.07. The first-order valence-electron chi connectivity index (χ1n) is 5.36. The molecule has 15 heavy (non-hydrogen) atoms. The van der Waals surface area contributed by atoms with E-state index in [1.165, 1.54) is 0 Å². The lowest BCUT2D eigenvalue weighted by atomic mass is 9.93. The normalized spacial score (nSPS) is 27.9. The van der Waals surface area contributed by atoms with Crippen molar-refractivity contribution < 1.29 is 10.2 Å². The highest BCUT2D eigenvalue weighted by atomic mass is 16.3. The highest BCUT2D eigenvalue weighted by molar-refractivity contribution is 5.28. The van der Waals surface area contributed by atoms with Gasteiger partial charge in [-0.05, 0) is 44.1 Å². The summed E-state index contributed by atoms with van der Waals surface area (Å²) in [6.07, 6.45) is 1.61. The molecule has 0 spiro atoms. The Labute approximate surface area is 90.0 Å². The second kappa shape index (κ2) is 4.21. The van der Waals surface area contributed by atoms with Crippen LogP contribution >= 0.6 is 0 Å². The molecule has 3 heteroatoms. The minimum atomic E-state index is -0.298. The first-order valence-corrected chi connectivity index (χ1v) is 5.36. The van der Waals surface area contributed by atoms with Gasteiger partial charge in [-0.1, -0.05) is 12.1 Å². The van der Waals surface area contributed by atoms with E-state index in [9.17, 15) is 10.2 Å². The molecule has 2 N–H and O–H groups in total. The van der Waals surface area contributed by atoms with Crippen LogP contribution in [0.4, 0.5) is 0 Å². The van der Waals surface area contributed by atoms with Gasteiger partial charge in [0.2, 0.25) is 0 Å². The van der Waals surface area contributed by atoms with Crippen molar-refractivity contribution in [3.05, 3.63) is 29.8 Å². The molecule has 1 fully saturated rings. The molecule has 0 amide bonds. The number of likely N-dealkylation sites (N-methyl/N-ethyl adjacent to an activating group) is 1. The number of phenolic OH excluding ortho intramolecular Hbond substituents is 1. The number of aliphatic hydroxyl groups excluding tert-OH is 1. The number of hydrogen-bond donors (Lipinski definition) is 2. The van der Waals surface area contributed by atoms with E-state index in [1.54, 1.807) is 12.1 Å². The summed E-state index contributed by atoms with van der Waals surface area (Å²) in [5.74, 6) is 0.270. The Morgan fingerprint density at radius 2 is 1.93 bits per heavy atom. The monoisotopic (exact) mass is 207 g/mol. The summed E-state index contributed by atoms with van der Waals surface area (Å²) in [5, 5.41) is 19.2. The fraction of sp³-hybridized carbons (Fsp3) is 0.500. The third kappa shape index (κ3) is 2.13. The first kappa shape index (κ1) is 10.5. The van der Waals surface area contributed by atoms with Crippen LogP contribution in [0.1, 0.15) is 24.4 Å². The zero-order valence-electron chi connectivity index (χ0n) is 8.93. The van der Waals surface area contributed by atoms with Gasteiger partial charge in [-0.3, -0.25) is 4.90 Å². The number of aromatic hydroxyl groups is 1. The number of hydrogen-bond acceptors (Lipinski definition) is 3. The maximum Gasteiger partial charge on any atom is 0.115 e. The summed E-state index contributed by atoms with van der Waals surface area (Å²) >= 11 is 0. The fourth-order valence-corrected chi connectivity index (χ4v) is 2.29. The summed E-state index contributed by atoms with van der Waals surface area (Å²) < 4.78 is 0. The summed E-state index contributed by atoms with van der Waals surface area (Å²) in [6.45, 7) is 1.02. The van der Waals surface area contributed by atoms with Crippen LogP contribution in [0.5, 0.6) is 5.75 Å². The number of likely N-dealkylation sites (tertiary alicyclic amines) is 1. The van der Waals surface area contributed by atoms with Crippen LogP contribution in [0.25, 0.3) is 0 Å². The Balaban J connectivity index is 2.23. The van der Waals surface area contributed by atoms with Gasteiger partial charge in [-0.25, -0.2) is 0 Å². The molecule has 1 aromatic carbocycles. The van der Waals surface area contributed by atoms with Crippen LogP contribution < -0.4 is 0 Å². The number of piperidine rings is 1. The molecule has 2 rings (SSSR count). The van der Waals surface area contributed by atoms with Gasteiger partial charge in [0.25, 0.3) is 0 Å². The van der Waals surface area contributed by atoms with Crippen LogP contribution in [0, 0.1) is 0 Å². The molecular formula is C12H17NO2. The predicted octanol–water partition coefficient (Wildman–Crippen LogP) is 1.52. The van der Waals surface area contributed by atoms with Crippen molar-refractivity contribution in [3.8, 4) is 5.75 Å². The molecule has 1 heterocycles. The van der Waals surface area contributed by atoms with Gasteiger partial charge < -0.3 is 10.2 Å². The van der Waals surface area contributed by atoms with Gasteiger partial charge in [0.1, 0.15) is 5.75 Å². The van der Waals surface area contributed by atoms with Crippen molar-refractivity contribution in [2.24, 2.45) is 0 Å². The predicted molar refractivity (Wildman–Crippen MR) is 58.7 cm³/mol. The lowest BCUT2D eigenvalue weighted by molar-refractivity contribution is 0.0241.